The zero-order valence-corrected chi connectivity index (χ0v) is 11.2. The third-order valence-corrected chi connectivity index (χ3v) is 2.13. The number of rotatable bonds is 4. The zero-order chi connectivity index (χ0) is 13.1. The molecule has 1 aliphatic rings. The van der Waals surface area contributed by atoms with Crippen LogP contribution in [0.3, 0.4) is 0 Å². The Hall–Kier alpha value is -1.76. The van der Waals surface area contributed by atoms with E-state index in [9.17, 15) is 0 Å². The van der Waals surface area contributed by atoms with Gasteiger partial charge in [-0.05, 0) is 24.1 Å². The van der Waals surface area contributed by atoms with Crippen molar-refractivity contribution in [3.05, 3.63) is 72.7 Å². The van der Waals surface area contributed by atoms with Crippen molar-refractivity contribution in [3.8, 4) is 0 Å². The van der Waals surface area contributed by atoms with E-state index in [0.29, 0.717) is 0 Å². The van der Waals surface area contributed by atoms with Gasteiger partial charge in [-0.3, -0.25) is 0 Å². The van der Waals surface area contributed by atoms with Crippen molar-refractivity contribution in [1.82, 2.24) is 5.32 Å². The molecule has 0 aromatic rings. The second kappa shape index (κ2) is 9.46. The number of hydrogen-bond acceptors (Lipinski definition) is 1. The summed E-state index contributed by atoms with van der Waals surface area (Å²) in [5, 5.41) is 3.17. The summed E-state index contributed by atoms with van der Waals surface area (Å²) in [6, 6.07) is 0. The molecule has 1 aliphatic heterocycles. The first-order valence-electron chi connectivity index (χ1n) is 6.13. The molecule has 0 fully saturated rings. The average Bonchev–Trinajstić information content (AvgIpc) is 2.39. The summed E-state index contributed by atoms with van der Waals surface area (Å²) in [5.74, 6) is 0. The fraction of sp³-hybridized carbons (Fsp3) is 0.250. The molecule has 0 bridgehead atoms. The van der Waals surface area contributed by atoms with Crippen molar-refractivity contribution < 1.29 is 0 Å². The molecular formula is C16H23N. The lowest BCUT2D eigenvalue weighted by molar-refractivity contribution is 1.06. The Labute approximate surface area is 106 Å². The van der Waals surface area contributed by atoms with E-state index in [-0.39, 0.29) is 0 Å². The van der Waals surface area contributed by atoms with E-state index in [1.54, 1.807) is 6.08 Å². The lowest BCUT2D eigenvalue weighted by Crippen LogP contribution is -2.10. The topological polar surface area (TPSA) is 12.0 Å². The van der Waals surface area contributed by atoms with Gasteiger partial charge in [0.05, 0.1) is 0 Å². The first kappa shape index (κ1) is 15.2. The molecule has 0 saturated heterocycles. The highest BCUT2D eigenvalue weighted by Crippen LogP contribution is 2.21. The summed E-state index contributed by atoms with van der Waals surface area (Å²) in [7, 11) is 0. The van der Waals surface area contributed by atoms with E-state index in [1.807, 2.05) is 38.3 Å². The van der Waals surface area contributed by atoms with Crippen LogP contribution in [0, 0.1) is 0 Å². The van der Waals surface area contributed by atoms with Crippen LogP contribution in [0.4, 0.5) is 0 Å². The minimum absolute atomic E-state index is 1.02. The van der Waals surface area contributed by atoms with Crippen molar-refractivity contribution in [2.45, 2.75) is 27.2 Å². The van der Waals surface area contributed by atoms with Crippen LogP contribution in [0.2, 0.25) is 0 Å². The quantitative estimate of drug-likeness (QED) is 0.692. The van der Waals surface area contributed by atoms with Gasteiger partial charge in [0.1, 0.15) is 0 Å². The molecule has 17 heavy (non-hydrogen) atoms. The largest absolute Gasteiger partial charge is 0.361 e. The van der Waals surface area contributed by atoms with Gasteiger partial charge in [0.2, 0.25) is 0 Å². The van der Waals surface area contributed by atoms with Crippen molar-refractivity contribution in [2.75, 3.05) is 0 Å². The first-order chi connectivity index (χ1) is 8.33. The van der Waals surface area contributed by atoms with E-state index < -0.39 is 0 Å². The summed E-state index contributed by atoms with van der Waals surface area (Å²) in [6.45, 7) is 13.6. The standard InChI is InChI=1S/C14H17N.C2H6/c1-4-7-9-13-12(8-5-2)10-11-15-14(13)6-3;1-2/h4,6-11,15H,1,3,5H2,2H3;1-2H3/b9-7-,12-8+;. The summed E-state index contributed by atoms with van der Waals surface area (Å²) in [4.78, 5) is 0. The smallest absolute Gasteiger partial charge is 0.0453 e. The Morgan fingerprint density at radius 1 is 1.29 bits per heavy atom. The van der Waals surface area contributed by atoms with Crippen LogP contribution in [-0.4, -0.2) is 0 Å². The fourth-order valence-corrected chi connectivity index (χ4v) is 1.46. The van der Waals surface area contributed by atoms with Crippen LogP contribution in [-0.2, 0) is 0 Å². The summed E-state index contributed by atoms with van der Waals surface area (Å²) in [6.07, 6.45) is 14.8. The molecule has 0 atom stereocenters. The maximum atomic E-state index is 3.80. The lowest BCUT2D eigenvalue weighted by Gasteiger charge is -2.15. The third kappa shape index (κ3) is 4.73. The second-order valence-electron chi connectivity index (χ2n) is 3.17. The predicted molar refractivity (Wildman–Crippen MR) is 78.6 cm³/mol. The van der Waals surface area contributed by atoms with Gasteiger partial charge in [0.15, 0.2) is 0 Å². The summed E-state index contributed by atoms with van der Waals surface area (Å²) >= 11 is 0. The molecule has 92 valence electrons. The van der Waals surface area contributed by atoms with Gasteiger partial charge in [-0.2, -0.15) is 0 Å². The van der Waals surface area contributed by atoms with Crippen molar-refractivity contribution >= 4 is 0 Å². The minimum Gasteiger partial charge on any atom is -0.361 e. The molecule has 0 radical (unpaired) electrons. The number of nitrogens with one attached hydrogen (secondary N) is 1. The van der Waals surface area contributed by atoms with Crippen LogP contribution in [0.25, 0.3) is 0 Å². The summed E-state index contributed by atoms with van der Waals surface area (Å²) in [5.41, 5.74) is 3.42. The molecule has 1 rings (SSSR count). The second-order valence-corrected chi connectivity index (χ2v) is 3.17. The van der Waals surface area contributed by atoms with E-state index in [0.717, 1.165) is 17.7 Å². The van der Waals surface area contributed by atoms with Crippen LogP contribution >= 0.6 is 0 Å². The Kier molecular flexibility index (Phi) is 8.48. The van der Waals surface area contributed by atoms with E-state index in [4.69, 9.17) is 0 Å². The molecule has 1 nitrogen and oxygen atoms in total. The van der Waals surface area contributed by atoms with Crippen LogP contribution < -0.4 is 5.32 Å². The third-order valence-electron chi connectivity index (χ3n) is 2.13. The Morgan fingerprint density at radius 2 is 2.00 bits per heavy atom. The molecule has 0 unspecified atom stereocenters. The molecule has 1 heteroatoms. The van der Waals surface area contributed by atoms with Crippen molar-refractivity contribution in [2.24, 2.45) is 0 Å². The van der Waals surface area contributed by atoms with Crippen LogP contribution in [0.1, 0.15) is 27.2 Å². The van der Waals surface area contributed by atoms with Gasteiger partial charge >= 0.3 is 0 Å². The molecule has 0 aromatic carbocycles. The molecule has 0 aliphatic carbocycles. The van der Waals surface area contributed by atoms with E-state index in [2.05, 4.69) is 37.6 Å². The summed E-state index contributed by atoms with van der Waals surface area (Å²) < 4.78 is 0. The highest BCUT2D eigenvalue weighted by Gasteiger charge is 2.07. The van der Waals surface area contributed by atoms with E-state index >= 15 is 0 Å². The first-order valence-corrected chi connectivity index (χ1v) is 6.13. The Morgan fingerprint density at radius 3 is 2.53 bits per heavy atom. The molecular weight excluding hydrogens is 206 g/mol. The monoisotopic (exact) mass is 229 g/mol. The average molecular weight is 229 g/mol. The molecule has 0 saturated carbocycles. The number of dihydropyridines is 1. The minimum atomic E-state index is 1.02. The Bertz CT molecular complexity index is 365. The molecule has 1 N–H and O–H groups in total. The van der Waals surface area contributed by atoms with Crippen LogP contribution in [0.15, 0.2) is 72.7 Å². The van der Waals surface area contributed by atoms with Crippen molar-refractivity contribution in [3.63, 3.8) is 0 Å². The number of allylic oxidation sites excluding steroid dienone is 8. The van der Waals surface area contributed by atoms with Gasteiger partial charge < -0.3 is 5.32 Å². The van der Waals surface area contributed by atoms with Gasteiger partial charge in [-0.15, -0.1) is 0 Å². The SMILES string of the molecule is C=C/C=C\C1=C(C=C)NC=C/C1=C\CC.CC. The highest BCUT2D eigenvalue weighted by molar-refractivity contribution is 5.54. The molecule has 0 amide bonds. The maximum absolute atomic E-state index is 3.80. The fourth-order valence-electron chi connectivity index (χ4n) is 1.46. The highest BCUT2D eigenvalue weighted by atomic mass is 14.9. The van der Waals surface area contributed by atoms with Gasteiger partial charge in [-0.1, -0.05) is 58.2 Å². The Balaban J connectivity index is 0.00000121. The maximum Gasteiger partial charge on any atom is 0.0453 e. The van der Waals surface area contributed by atoms with E-state index in [1.165, 1.54) is 5.57 Å². The molecule has 1 heterocycles. The lowest BCUT2D eigenvalue weighted by atomic mass is 9.99. The molecule has 0 aromatic heterocycles. The van der Waals surface area contributed by atoms with Crippen molar-refractivity contribution in [1.29, 1.82) is 0 Å². The zero-order valence-electron chi connectivity index (χ0n) is 11.2. The molecule has 0 spiro atoms. The van der Waals surface area contributed by atoms with Gasteiger partial charge in [0.25, 0.3) is 0 Å². The van der Waals surface area contributed by atoms with Gasteiger partial charge in [-0.25, -0.2) is 0 Å². The predicted octanol–water partition coefficient (Wildman–Crippen LogP) is 4.65. The number of hydrogen-bond donors (Lipinski definition) is 1. The van der Waals surface area contributed by atoms with Crippen LogP contribution in [0.5, 0.6) is 0 Å². The van der Waals surface area contributed by atoms with Gasteiger partial charge in [0, 0.05) is 17.5 Å². The normalized spacial score (nSPS) is 16.5.